The van der Waals surface area contributed by atoms with Crippen molar-refractivity contribution in [2.24, 2.45) is 0 Å². The van der Waals surface area contributed by atoms with Gasteiger partial charge < -0.3 is 29.0 Å². The van der Waals surface area contributed by atoms with Gasteiger partial charge in [-0.25, -0.2) is 0 Å². The highest BCUT2D eigenvalue weighted by Crippen LogP contribution is 2.44. The zero-order valence-electron chi connectivity index (χ0n) is 21.9. The summed E-state index contributed by atoms with van der Waals surface area (Å²) in [6.07, 6.45) is -5.96. The van der Waals surface area contributed by atoms with Crippen LogP contribution in [0.4, 0.5) is 13.2 Å². The van der Waals surface area contributed by atoms with Crippen molar-refractivity contribution >= 4 is 5.91 Å². The van der Waals surface area contributed by atoms with Gasteiger partial charge in [0.25, 0.3) is 5.91 Å². The normalized spacial score (nSPS) is 26.7. The Bertz CT molecular complexity index is 1090. The second-order valence-electron chi connectivity index (χ2n) is 10.5. The number of carbonyl (C=O) groups excluding carboxylic acids is 1. The number of alkyl halides is 3. The minimum Gasteiger partial charge on any atom is -0.406 e. The van der Waals surface area contributed by atoms with Crippen LogP contribution >= 0.6 is 0 Å². The molecule has 2 aromatic carbocycles. The summed E-state index contributed by atoms with van der Waals surface area (Å²) >= 11 is 0. The molecule has 1 saturated heterocycles. The SMILES string of the molecule is CC(C)NC(=O)[C@@]1(OCc2ccccc2)C[C@H](OCc2cccc(OC(F)(F)F)c2)[C@@H]2OC(C)(C)O[C@@H]2C1. The molecule has 1 heterocycles. The molecule has 4 atom stereocenters. The van der Waals surface area contributed by atoms with E-state index in [0.29, 0.717) is 5.56 Å². The maximum atomic E-state index is 13.6. The van der Waals surface area contributed by atoms with E-state index in [1.165, 1.54) is 18.2 Å². The van der Waals surface area contributed by atoms with Gasteiger partial charge in [0.05, 0.1) is 25.4 Å². The molecular formula is C28H34F3NO6. The van der Waals surface area contributed by atoms with Crippen LogP contribution in [0.5, 0.6) is 5.75 Å². The monoisotopic (exact) mass is 537 g/mol. The number of fused-ring (bicyclic) bond motifs is 1. The molecule has 1 saturated carbocycles. The average molecular weight is 538 g/mol. The van der Waals surface area contributed by atoms with Crippen molar-refractivity contribution < 1.29 is 41.7 Å². The number of carbonyl (C=O) groups is 1. The summed E-state index contributed by atoms with van der Waals surface area (Å²) in [7, 11) is 0. The topological polar surface area (TPSA) is 75.3 Å². The van der Waals surface area contributed by atoms with Crippen LogP contribution in [0.25, 0.3) is 0 Å². The van der Waals surface area contributed by atoms with Gasteiger partial charge in [-0.2, -0.15) is 0 Å². The lowest BCUT2D eigenvalue weighted by Crippen LogP contribution is -2.60. The zero-order chi connectivity index (χ0) is 27.6. The lowest BCUT2D eigenvalue weighted by molar-refractivity contribution is -0.274. The molecule has 0 spiro atoms. The van der Waals surface area contributed by atoms with Gasteiger partial charge in [-0.1, -0.05) is 42.5 Å². The van der Waals surface area contributed by atoms with Crippen LogP contribution < -0.4 is 10.1 Å². The van der Waals surface area contributed by atoms with E-state index in [0.717, 1.165) is 5.56 Å². The van der Waals surface area contributed by atoms with E-state index in [2.05, 4.69) is 10.1 Å². The molecule has 1 aliphatic carbocycles. The van der Waals surface area contributed by atoms with Crippen molar-refractivity contribution in [1.29, 1.82) is 0 Å². The van der Waals surface area contributed by atoms with Crippen molar-refractivity contribution in [1.82, 2.24) is 5.32 Å². The quantitative estimate of drug-likeness (QED) is 0.470. The fourth-order valence-corrected chi connectivity index (χ4v) is 4.93. The molecule has 10 heteroatoms. The van der Waals surface area contributed by atoms with E-state index in [4.69, 9.17) is 18.9 Å². The third-order valence-corrected chi connectivity index (χ3v) is 6.44. The first-order valence-electron chi connectivity index (χ1n) is 12.6. The fourth-order valence-electron chi connectivity index (χ4n) is 4.93. The minimum atomic E-state index is -4.80. The van der Waals surface area contributed by atoms with Crippen molar-refractivity contribution in [2.75, 3.05) is 0 Å². The number of rotatable bonds is 9. The Balaban J connectivity index is 1.58. The van der Waals surface area contributed by atoms with Gasteiger partial charge in [0.15, 0.2) is 11.4 Å². The van der Waals surface area contributed by atoms with E-state index in [-0.39, 0.29) is 43.8 Å². The highest BCUT2D eigenvalue weighted by molar-refractivity contribution is 5.85. The predicted molar refractivity (Wildman–Crippen MR) is 132 cm³/mol. The van der Waals surface area contributed by atoms with Gasteiger partial charge in [-0.05, 0) is 51.0 Å². The van der Waals surface area contributed by atoms with Crippen LogP contribution in [0.15, 0.2) is 54.6 Å². The van der Waals surface area contributed by atoms with Crippen LogP contribution in [-0.4, -0.2) is 48.0 Å². The Morgan fingerprint density at radius 1 is 1.03 bits per heavy atom. The number of hydrogen-bond donors (Lipinski definition) is 1. The van der Waals surface area contributed by atoms with Crippen molar-refractivity contribution in [3.63, 3.8) is 0 Å². The Kier molecular flexibility index (Phi) is 8.37. The lowest BCUT2D eigenvalue weighted by Gasteiger charge is -2.43. The van der Waals surface area contributed by atoms with E-state index in [1.807, 2.05) is 44.2 Å². The lowest BCUT2D eigenvalue weighted by atomic mass is 9.78. The van der Waals surface area contributed by atoms with Gasteiger partial charge in [0.2, 0.25) is 0 Å². The van der Waals surface area contributed by atoms with E-state index >= 15 is 0 Å². The summed E-state index contributed by atoms with van der Waals surface area (Å²) in [5.74, 6) is -1.51. The number of halogens is 3. The Labute approximate surface area is 220 Å². The first-order chi connectivity index (χ1) is 17.8. The molecule has 0 unspecified atom stereocenters. The third-order valence-electron chi connectivity index (χ3n) is 6.44. The molecule has 0 radical (unpaired) electrons. The third kappa shape index (κ3) is 7.25. The molecule has 1 aliphatic heterocycles. The summed E-state index contributed by atoms with van der Waals surface area (Å²) in [5, 5.41) is 2.97. The smallest absolute Gasteiger partial charge is 0.406 e. The predicted octanol–water partition coefficient (Wildman–Crippen LogP) is 5.26. The zero-order valence-corrected chi connectivity index (χ0v) is 21.9. The molecule has 2 fully saturated rings. The van der Waals surface area contributed by atoms with Gasteiger partial charge in [0, 0.05) is 18.9 Å². The second-order valence-corrected chi connectivity index (χ2v) is 10.5. The molecule has 2 aliphatic rings. The fraction of sp³-hybridized carbons (Fsp3) is 0.536. The number of benzene rings is 2. The number of nitrogens with one attached hydrogen (secondary N) is 1. The molecule has 0 aromatic heterocycles. The number of hydrogen-bond acceptors (Lipinski definition) is 6. The minimum absolute atomic E-state index is 0.0205. The van der Waals surface area contributed by atoms with Crippen molar-refractivity contribution in [3.8, 4) is 5.75 Å². The largest absolute Gasteiger partial charge is 0.573 e. The Hall–Kier alpha value is -2.66. The summed E-state index contributed by atoms with van der Waals surface area (Å²) in [6, 6.07) is 15.0. The van der Waals surface area contributed by atoms with Gasteiger partial charge in [-0.15, -0.1) is 13.2 Å². The van der Waals surface area contributed by atoms with Crippen molar-refractivity contribution in [3.05, 3.63) is 65.7 Å². The van der Waals surface area contributed by atoms with Crippen LogP contribution in [0, 0.1) is 0 Å². The van der Waals surface area contributed by atoms with E-state index in [9.17, 15) is 18.0 Å². The maximum Gasteiger partial charge on any atom is 0.573 e. The first kappa shape index (κ1) is 28.4. The second kappa shape index (κ2) is 11.2. The number of ether oxygens (including phenoxy) is 5. The summed E-state index contributed by atoms with van der Waals surface area (Å²) in [5.41, 5.74) is 0.125. The summed E-state index contributed by atoms with van der Waals surface area (Å²) in [6.45, 7) is 7.51. The Morgan fingerprint density at radius 3 is 2.42 bits per heavy atom. The standard InChI is InChI=1S/C28H34F3NO6/c1-18(2)32-25(33)27(35-17-19-9-6-5-7-10-19)14-22(24-23(15-27)37-26(3,4)38-24)34-16-20-11-8-12-21(13-20)36-28(29,30)31/h5-13,18,22-24H,14-17H2,1-4H3,(H,32,33)/t22-,23+,24-,27+/m0/s1. The highest BCUT2D eigenvalue weighted by Gasteiger charge is 2.58. The molecule has 7 nitrogen and oxygen atoms in total. The molecule has 1 amide bonds. The number of amides is 1. The van der Waals surface area contributed by atoms with Gasteiger partial charge in [0.1, 0.15) is 11.9 Å². The van der Waals surface area contributed by atoms with Gasteiger partial charge in [-0.3, -0.25) is 4.79 Å². The van der Waals surface area contributed by atoms with Gasteiger partial charge >= 0.3 is 6.36 Å². The molecule has 4 rings (SSSR count). The molecule has 1 N–H and O–H groups in total. The summed E-state index contributed by atoms with van der Waals surface area (Å²) in [4.78, 5) is 13.6. The summed E-state index contributed by atoms with van der Waals surface area (Å²) < 4.78 is 67.0. The van der Waals surface area contributed by atoms with Crippen LogP contribution in [0.2, 0.25) is 0 Å². The van der Waals surface area contributed by atoms with Crippen molar-refractivity contribution in [2.45, 2.75) is 95.9 Å². The van der Waals surface area contributed by atoms with Crippen LogP contribution in [0.3, 0.4) is 0 Å². The molecular weight excluding hydrogens is 503 g/mol. The van der Waals surface area contributed by atoms with E-state index in [1.54, 1.807) is 19.9 Å². The first-order valence-corrected chi connectivity index (χ1v) is 12.6. The Morgan fingerprint density at radius 2 is 1.74 bits per heavy atom. The molecule has 38 heavy (non-hydrogen) atoms. The van der Waals surface area contributed by atoms with Crippen LogP contribution in [-0.2, 0) is 37.0 Å². The molecule has 2 aromatic rings. The average Bonchev–Trinajstić information content (AvgIpc) is 3.14. The van der Waals surface area contributed by atoms with Crippen LogP contribution in [0.1, 0.15) is 51.7 Å². The maximum absolute atomic E-state index is 13.6. The highest BCUT2D eigenvalue weighted by atomic mass is 19.4. The molecule has 0 bridgehead atoms. The van der Waals surface area contributed by atoms with E-state index < -0.39 is 36.1 Å². The molecule has 208 valence electrons.